The molecule has 2 amide bonds. The molecule has 1 N–H and O–H groups in total. The minimum absolute atomic E-state index is 0.0146. The van der Waals surface area contributed by atoms with Crippen molar-refractivity contribution >= 4 is 23.2 Å². The van der Waals surface area contributed by atoms with Crippen LogP contribution < -0.4 is 15.0 Å². The Hall–Kier alpha value is -2.04. The highest BCUT2D eigenvalue weighted by atomic mass is 16.5. The van der Waals surface area contributed by atoms with Gasteiger partial charge in [-0.1, -0.05) is 19.8 Å². The molecule has 124 valence electrons. The zero-order valence-electron chi connectivity index (χ0n) is 13.8. The second-order valence-corrected chi connectivity index (χ2v) is 6.40. The molecule has 2 aliphatic rings. The molecule has 1 aliphatic heterocycles. The summed E-state index contributed by atoms with van der Waals surface area (Å²) in [5.74, 6) is 0.917. The van der Waals surface area contributed by atoms with Crippen molar-refractivity contribution in [2.45, 2.75) is 52.1 Å². The fourth-order valence-corrected chi connectivity index (χ4v) is 2.83. The van der Waals surface area contributed by atoms with E-state index in [0.29, 0.717) is 12.3 Å². The van der Waals surface area contributed by atoms with Crippen LogP contribution in [0.3, 0.4) is 0 Å². The summed E-state index contributed by atoms with van der Waals surface area (Å²) in [4.78, 5) is 26.2. The molecule has 5 nitrogen and oxygen atoms in total. The summed E-state index contributed by atoms with van der Waals surface area (Å²) in [5.41, 5.74) is 1.49. The summed E-state index contributed by atoms with van der Waals surface area (Å²) >= 11 is 0. The van der Waals surface area contributed by atoms with Crippen LogP contribution in [-0.4, -0.2) is 24.5 Å². The average Bonchev–Trinajstić information content (AvgIpc) is 3.36. The second kappa shape index (κ2) is 6.60. The molecule has 5 heteroatoms. The Morgan fingerprint density at radius 1 is 1.35 bits per heavy atom. The summed E-state index contributed by atoms with van der Waals surface area (Å²) in [6, 6.07) is 5.53. The first-order valence-electron chi connectivity index (χ1n) is 8.53. The third-order valence-corrected chi connectivity index (χ3v) is 4.37. The molecular formula is C18H24N2O3. The highest BCUT2D eigenvalue weighted by molar-refractivity contribution is 6.01. The van der Waals surface area contributed by atoms with Crippen molar-refractivity contribution in [2.24, 2.45) is 5.92 Å². The number of hydrogen-bond acceptors (Lipinski definition) is 3. The van der Waals surface area contributed by atoms with Crippen LogP contribution in [0, 0.1) is 5.92 Å². The number of unbranched alkanes of at least 4 members (excludes halogenated alkanes) is 2. The van der Waals surface area contributed by atoms with Gasteiger partial charge < -0.3 is 15.0 Å². The van der Waals surface area contributed by atoms with Gasteiger partial charge in [-0.05, 0) is 44.4 Å². The van der Waals surface area contributed by atoms with E-state index in [9.17, 15) is 9.59 Å². The van der Waals surface area contributed by atoms with Gasteiger partial charge in [0.05, 0.1) is 5.69 Å². The summed E-state index contributed by atoms with van der Waals surface area (Å²) < 4.78 is 5.70. The largest absolute Gasteiger partial charge is 0.479 e. The number of rotatable bonds is 6. The smallest absolute Gasteiger partial charge is 0.267 e. The molecule has 1 aliphatic carbocycles. The summed E-state index contributed by atoms with van der Waals surface area (Å²) in [6.45, 7) is 4.61. The first-order valence-corrected chi connectivity index (χ1v) is 8.53. The Morgan fingerprint density at radius 3 is 2.83 bits per heavy atom. The average molecular weight is 316 g/mol. The number of nitrogens with zero attached hydrogens (tertiary/aromatic N) is 1. The normalized spacial score (nSPS) is 20.0. The van der Waals surface area contributed by atoms with Crippen molar-refractivity contribution in [1.82, 2.24) is 0 Å². The number of hydrogen-bond donors (Lipinski definition) is 1. The first kappa shape index (κ1) is 15.8. The van der Waals surface area contributed by atoms with Crippen molar-refractivity contribution in [3.8, 4) is 5.75 Å². The summed E-state index contributed by atoms with van der Waals surface area (Å²) in [5, 5.41) is 2.94. The maximum Gasteiger partial charge on any atom is 0.267 e. The minimum atomic E-state index is -0.462. The number of ether oxygens (including phenoxy) is 1. The molecule has 0 spiro atoms. The molecule has 0 aromatic heterocycles. The highest BCUT2D eigenvalue weighted by Crippen LogP contribution is 2.37. The molecule has 0 saturated heterocycles. The second-order valence-electron chi connectivity index (χ2n) is 6.40. The predicted molar refractivity (Wildman–Crippen MR) is 89.8 cm³/mol. The van der Waals surface area contributed by atoms with Crippen LogP contribution in [0.2, 0.25) is 0 Å². The van der Waals surface area contributed by atoms with Gasteiger partial charge in [0.2, 0.25) is 5.91 Å². The Morgan fingerprint density at radius 2 is 2.13 bits per heavy atom. The van der Waals surface area contributed by atoms with E-state index in [1.54, 1.807) is 11.8 Å². The highest BCUT2D eigenvalue weighted by Gasteiger charge is 2.32. The molecule has 3 rings (SSSR count). The van der Waals surface area contributed by atoms with E-state index >= 15 is 0 Å². The lowest BCUT2D eigenvalue weighted by atomic mass is 10.1. The zero-order chi connectivity index (χ0) is 16.4. The monoisotopic (exact) mass is 316 g/mol. The molecule has 1 aromatic rings. The van der Waals surface area contributed by atoms with Gasteiger partial charge in [0.1, 0.15) is 5.75 Å². The number of carbonyl (C=O) groups is 2. The molecular weight excluding hydrogens is 292 g/mol. The number of fused-ring (bicyclic) bond motifs is 1. The van der Waals surface area contributed by atoms with Crippen molar-refractivity contribution in [3.63, 3.8) is 0 Å². The van der Waals surface area contributed by atoms with E-state index in [0.717, 1.165) is 43.5 Å². The van der Waals surface area contributed by atoms with Crippen LogP contribution in [0.15, 0.2) is 18.2 Å². The fourth-order valence-electron chi connectivity index (χ4n) is 2.83. The fraction of sp³-hybridized carbons (Fsp3) is 0.556. The zero-order valence-corrected chi connectivity index (χ0v) is 13.8. The van der Waals surface area contributed by atoms with Gasteiger partial charge in [-0.15, -0.1) is 0 Å². The molecule has 1 saturated carbocycles. The molecule has 0 radical (unpaired) electrons. The van der Waals surface area contributed by atoms with E-state index in [-0.39, 0.29) is 17.7 Å². The van der Waals surface area contributed by atoms with Gasteiger partial charge in [0, 0.05) is 18.2 Å². The molecule has 1 fully saturated rings. The summed E-state index contributed by atoms with van der Waals surface area (Å²) in [7, 11) is 0. The van der Waals surface area contributed by atoms with Gasteiger partial charge in [-0.3, -0.25) is 9.59 Å². The SMILES string of the molecule is CCCCCN1C(=O)C(C)Oc2ccc(NC(=O)C3CC3)cc21. The lowest BCUT2D eigenvalue weighted by Gasteiger charge is -2.33. The van der Waals surface area contributed by atoms with E-state index in [2.05, 4.69) is 12.2 Å². The third-order valence-electron chi connectivity index (χ3n) is 4.37. The first-order chi connectivity index (χ1) is 11.1. The lowest BCUT2D eigenvalue weighted by molar-refractivity contribution is -0.125. The number of benzene rings is 1. The van der Waals surface area contributed by atoms with Gasteiger partial charge in [-0.2, -0.15) is 0 Å². The Kier molecular flexibility index (Phi) is 4.55. The summed E-state index contributed by atoms with van der Waals surface area (Å²) in [6.07, 6.45) is 4.65. The third kappa shape index (κ3) is 3.49. The van der Waals surface area contributed by atoms with Gasteiger partial charge in [0.25, 0.3) is 5.91 Å². The number of nitrogens with one attached hydrogen (secondary N) is 1. The number of carbonyl (C=O) groups excluding carboxylic acids is 2. The van der Waals surface area contributed by atoms with Crippen LogP contribution in [0.1, 0.15) is 46.0 Å². The van der Waals surface area contributed by atoms with Crippen LogP contribution in [0.25, 0.3) is 0 Å². The van der Waals surface area contributed by atoms with E-state index in [1.807, 2.05) is 18.2 Å². The Labute approximate surface area is 137 Å². The van der Waals surface area contributed by atoms with Crippen LogP contribution >= 0.6 is 0 Å². The molecule has 0 bridgehead atoms. The lowest BCUT2D eigenvalue weighted by Crippen LogP contribution is -2.44. The van der Waals surface area contributed by atoms with Crippen LogP contribution in [0.4, 0.5) is 11.4 Å². The quantitative estimate of drug-likeness (QED) is 0.819. The van der Waals surface area contributed by atoms with Gasteiger partial charge in [0.15, 0.2) is 6.10 Å². The minimum Gasteiger partial charge on any atom is -0.479 e. The Bertz CT molecular complexity index is 610. The predicted octanol–water partition coefficient (Wildman–Crippen LogP) is 3.34. The maximum absolute atomic E-state index is 12.4. The molecule has 23 heavy (non-hydrogen) atoms. The van der Waals surface area contributed by atoms with Crippen LogP contribution in [0.5, 0.6) is 5.75 Å². The Balaban J connectivity index is 1.81. The van der Waals surface area contributed by atoms with Gasteiger partial charge >= 0.3 is 0 Å². The van der Waals surface area contributed by atoms with Crippen molar-refractivity contribution in [2.75, 3.05) is 16.8 Å². The number of amides is 2. The molecule has 1 aromatic carbocycles. The standard InChI is InChI=1S/C18H24N2O3/c1-3-4-5-10-20-15-11-14(19-17(21)13-6-7-13)8-9-16(15)23-12(2)18(20)22/h8-9,11-13H,3-7,10H2,1-2H3,(H,19,21). The molecule has 1 atom stereocenters. The number of anilines is 2. The van der Waals surface area contributed by atoms with Crippen molar-refractivity contribution in [1.29, 1.82) is 0 Å². The van der Waals surface area contributed by atoms with Crippen molar-refractivity contribution in [3.05, 3.63) is 18.2 Å². The van der Waals surface area contributed by atoms with Crippen LogP contribution in [-0.2, 0) is 9.59 Å². The molecule has 1 unspecified atom stereocenters. The van der Waals surface area contributed by atoms with E-state index in [1.165, 1.54) is 0 Å². The maximum atomic E-state index is 12.4. The van der Waals surface area contributed by atoms with Crippen molar-refractivity contribution < 1.29 is 14.3 Å². The van der Waals surface area contributed by atoms with E-state index < -0.39 is 6.10 Å². The van der Waals surface area contributed by atoms with Gasteiger partial charge in [-0.25, -0.2) is 0 Å². The van der Waals surface area contributed by atoms with E-state index in [4.69, 9.17) is 4.74 Å². The molecule has 1 heterocycles. The topological polar surface area (TPSA) is 58.6 Å².